The smallest absolute Gasteiger partial charge is 0.303 e. The number of piperidine rings is 1. The molecule has 2 rings (SSSR count). The first kappa shape index (κ1) is 17.3. The molecule has 0 aliphatic carbocycles. The third-order valence-electron chi connectivity index (χ3n) is 3.82. The molecule has 0 amide bonds. The van der Waals surface area contributed by atoms with Crippen LogP contribution in [-0.4, -0.2) is 55.2 Å². The average molecular weight is 339 g/mol. The van der Waals surface area contributed by atoms with Gasteiger partial charge in [-0.25, -0.2) is 8.42 Å². The lowest BCUT2D eigenvalue weighted by Crippen LogP contribution is -2.35. The first-order chi connectivity index (χ1) is 10.1. The van der Waals surface area contributed by atoms with Crippen molar-refractivity contribution < 1.29 is 21.6 Å². The predicted molar refractivity (Wildman–Crippen MR) is 76.3 cm³/mol. The summed E-state index contributed by atoms with van der Waals surface area (Å²) in [5.74, 6) is 0.117. The minimum Gasteiger partial charge on any atom is -0.303 e. The van der Waals surface area contributed by atoms with Crippen molar-refractivity contribution in [1.82, 2.24) is 15.1 Å². The third-order valence-corrected chi connectivity index (χ3v) is 4.85. The van der Waals surface area contributed by atoms with Gasteiger partial charge in [0.1, 0.15) is 9.84 Å². The number of alkyl halides is 3. The number of aromatic nitrogens is 2. The molecule has 1 aromatic heterocycles. The van der Waals surface area contributed by atoms with Gasteiger partial charge in [-0.15, -0.1) is 0 Å². The van der Waals surface area contributed by atoms with Crippen LogP contribution in [-0.2, 0) is 16.0 Å². The van der Waals surface area contributed by atoms with Gasteiger partial charge in [-0.2, -0.15) is 18.3 Å². The lowest BCUT2D eigenvalue weighted by Gasteiger charge is -2.32. The minimum absolute atomic E-state index is 0.0180. The van der Waals surface area contributed by atoms with E-state index in [4.69, 9.17) is 0 Å². The summed E-state index contributed by atoms with van der Waals surface area (Å²) in [7, 11) is -2.97. The van der Waals surface area contributed by atoms with Crippen molar-refractivity contribution in [3.8, 4) is 0 Å². The van der Waals surface area contributed by atoms with E-state index in [2.05, 4.69) is 15.1 Å². The molecule has 0 bridgehead atoms. The molecule has 9 heteroatoms. The van der Waals surface area contributed by atoms with Crippen molar-refractivity contribution >= 4 is 9.84 Å². The molecule has 1 aliphatic heterocycles. The van der Waals surface area contributed by atoms with Gasteiger partial charge in [-0.3, -0.25) is 5.10 Å². The van der Waals surface area contributed by atoms with Crippen LogP contribution in [0.4, 0.5) is 13.2 Å². The van der Waals surface area contributed by atoms with Gasteiger partial charge >= 0.3 is 6.18 Å². The Morgan fingerprint density at radius 2 is 2.18 bits per heavy atom. The molecule has 0 unspecified atom stereocenters. The zero-order valence-corrected chi connectivity index (χ0v) is 13.2. The van der Waals surface area contributed by atoms with Crippen molar-refractivity contribution in [3.05, 3.63) is 17.5 Å². The molecule has 1 saturated heterocycles. The van der Waals surface area contributed by atoms with Crippen LogP contribution in [0, 0.1) is 0 Å². The lowest BCUT2D eigenvalue weighted by molar-refractivity contribution is -0.141. The molecular formula is C13H20F3N3O2S. The topological polar surface area (TPSA) is 66.1 Å². The maximum absolute atomic E-state index is 12.6. The summed E-state index contributed by atoms with van der Waals surface area (Å²) < 4.78 is 60.0. The molecule has 1 fully saturated rings. The summed E-state index contributed by atoms with van der Waals surface area (Å²) in [5, 5.41) is 5.82. The molecule has 1 N–H and O–H groups in total. The van der Waals surface area contributed by atoms with E-state index >= 15 is 0 Å². The molecule has 0 saturated carbocycles. The fraction of sp³-hybridized carbons (Fsp3) is 0.769. The molecule has 0 radical (unpaired) electrons. The lowest BCUT2D eigenvalue weighted by atomic mass is 9.94. The maximum atomic E-state index is 12.6. The van der Waals surface area contributed by atoms with Crippen molar-refractivity contribution in [2.45, 2.75) is 31.4 Å². The maximum Gasteiger partial charge on any atom is 0.435 e. The van der Waals surface area contributed by atoms with E-state index in [0.717, 1.165) is 25.5 Å². The molecule has 126 valence electrons. The highest BCUT2D eigenvalue weighted by atomic mass is 32.2. The summed E-state index contributed by atoms with van der Waals surface area (Å²) in [6.45, 7) is 2.12. The highest BCUT2D eigenvalue weighted by Crippen LogP contribution is 2.31. The van der Waals surface area contributed by atoms with E-state index in [1.807, 2.05) is 0 Å². The molecule has 1 atom stereocenters. The fourth-order valence-electron chi connectivity index (χ4n) is 2.75. The van der Waals surface area contributed by atoms with Gasteiger partial charge in [-0.1, -0.05) is 0 Å². The Morgan fingerprint density at radius 1 is 1.45 bits per heavy atom. The van der Waals surface area contributed by atoms with Crippen molar-refractivity contribution in [2.24, 2.45) is 0 Å². The Hall–Kier alpha value is -1.09. The average Bonchev–Trinajstić information content (AvgIpc) is 2.87. The summed E-state index contributed by atoms with van der Waals surface area (Å²) in [5.41, 5.74) is -0.392. The van der Waals surface area contributed by atoms with Crippen LogP contribution < -0.4 is 0 Å². The SMILES string of the molecule is CS(=O)(=O)CCCN1CCC[C@H](c2cc(C(F)(F)F)n[nH]2)C1. The van der Waals surface area contributed by atoms with Crippen LogP contribution in [0.25, 0.3) is 0 Å². The number of hydrogen-bond acceptors (Lipinski definition) is 4. The van der Waals surface area contributed by atoms with E-state index in [0.29, 0.717) is 25.2 Å². The number of nitrogens with zero attached hydrogens (tertiary/aromatic N) is 2. The van der Waals surface area contributed by atoms with Gasteiger partial charge in [0.15, 0.2) is 5.69 Å². The van der Waals surface area contributed by atoms with Crippen LogP contribution in [0.1, 0.15) is 36.6 Å². The Bertz CT molecular complexity index is 598. The number of aromatic amines is 1. The van der Waals surface area contributed by atoms with E-state index in [1.54, 1.807) is 0 Å². The number of sulfone groups is 1. The first-order valence-electron chi connectivity index (χ1n) is 7.18. The fourth-order valence-corrected chi connectivity index (χ4v) is 3.41. The van der Waals surface area contributed by atoms with E-state index in [9.17, 15) is 21.6 Å². The van der Waals surface area contributed by atoms with Crippen LogP contribution in [0.5, 0.6) is 0 Å². The molecule has 1 aromatic rings. The summed E-state index contributed by atoms with van der Waals surface area (Å²) in [6.07, 6.45) is -0.998. The van der Waals surface area contributed by atoms with Crippen molar-refractivity contribution in [3.63, 3.8) is 0 Å². The summed E-state index contributed by atoms with van der Waals surface area (Å²) in [4.78, 5) is 2.10. The molecule has 0 spiro atoms. The van der Waals surface area contributed by atoms with Crippen molar-refractivity contribution in [1.29, 1.82) is 0 Å². The highest BCUT2D eigenvalue weighted by molar-refractivity contribution is 7.90. The number of hydrogen-bond donors (Lipinski definition) is 1. The van der Waals surface area contributed by atoms with E-state index in [-0.39, 0.29) is 11.7 Å². The Kier molecular flexibility index (Phi) is 5.16. The quantitative estimate of drug-likeness (QED) is 0.892. The Labute approximate surface area is 127 Å². The standard InChI is InChI=1S/C13H20F3N3O2S/c1-22(20,21)7-3-6-19-5-2-4-10(9-19)11-8-12(18-17-11)13(14,15)16/h8,10H,2-7,9H2,1H3,(H,17,18)/t10-/m0/s1. The third kappa shape index (κ3) is 4.98. The van der Waals surface area contributed by atoms with Gasteiger partial charge < -0.3 is 4.90 Å². The summed E-state index contributed by atoms with van der Waals surface area (Å²) >= 11 is 0. The summed E-state index contributed by atoms with van der Waals surface area (Å²) in [6, 6.07) is 1.07. The number of likely N-dealkylation sites (tertiary alicyclic amines) is 1. The number of halogens is 3. The Balaban J connectivity index is 1.91. The molecule has 5 nitrogen and oxygen atoms in total. The molecule has 1 aliphatic rings. The van der Waals surface area contributed by atoms with Gasteiger partial charge in [0.25, 0.3) is 0 Å². The van der Waals surface area contributed by atoms with Crippen molar-refractivity contribution in [2.75, 3.05) is 31.6 Å². The highest BCUT2D eigenvalue weighted by Gasteiger charge is 2.35. The van der Waals surface area contributed by atoms with E-state index < -0.39 is 21.7 Å². The number of H-pyrrole nitrogens is 1. The second-order valence-electron chi connectivity index (χ2n) is 5.83. The second-order valence-corrected chi connectivity index (χ2v) is 8.09. The Morgan fingerprint density at radius 3 is 2.77 bits per heavy atom. The largest absolute Gasteiger partial charge is 0.435 e. The molecule has 0 aromatic carbocycles. The minimum atomic E-state index is -4.43. The van der Waals surface area contributed by atoms with Crippen LogP contribution in [0.15, 0.2) is 6.07 Å². The van der Waals surface area contributed by atoms with Crippen LogP contribution >= 0.6 is 0 Å². The second kappa shape index (κ2) is 6.57. The van der Waals surface area contributed by atoms with Gasteiger partial charge in [0.05, 0.1) is 5.75 Å². The van der Waals surface area contributed by atoms with Gasteiger partial charge in [0.2, 0.25) is 0 Å². The number of nitrogens with one attached hydrogen (secondary N) is 1. The zero-order valence-electron chi connectivity index (χ0n) is 12.4. The zero-order chi connectivity index (χ0) is 16.4. The van der Waals surface area contributed by atoms with Gasteiger partial charge in [0, 0.05) is 24.4 Å². The normalized spacial score (nSPS) is 21.2. The van der Waals surface area contributed by atoms with E-state index in [1.165, 1.54) is 6.26 Å². The monoisotopic (exact) mass is 339 g/mol. The first-order valence-corrected chi connectivity index (χ1v) is 9.24. The molecule has 22 heavy (non-hydrogen) atoms. The van der Waals surface area contributed by atoms with Gasteiger partial charge in [-0.05, 0) is 38.4 Å². The van der Waals surface area contributed by atoms with Crippen LogP contribution in [0.3, 0.4) is 0 Å². The number of rotatable bonds is 5. The molecular weight excluding hydrogens is 319 g/mol. The van der Waals surface area contributed by atoms with Crippen LogP contribution in [0.2, 0.25) is 0 Å². The molecule has 2 heterocycles. The predicted octanol–water partition coefficient (Wildman–Crippen LogP) is 2.04.